The summed E-state index contributed by atoms with van der Waals surface area (Å²) in [7, 11) is 1.37. The fourth-order valence-electron chi connectivity index (χ4n) is 2.04. The van der Waals surface area contributed by atoms with Crippen LogP contribution in [0.15, 0.2) is 11.5 Å². The van der Waals surface area contributed by atoms with Crippen LogP contribution in [0.25, 0.3) is 6.08 Å². The average Bonchev–Trinajstić information content (AvgIpc) is 3.04. The third-order valence-corrected chi connectivity index (χ3v) is 3.86. The number of likely N-dealkylation sites (tertiary alicyclic amines) is 1. The number of carbonyl (C=O) groups is 2. The van der Waals surface area contributed by atoms with Crippen LogP contribution in [-0.4, -0.2) is 42.0 Å². The highest BCUT2D eigenvalue weighted by Gasteiger charge is 2.30. The fraction of sp³-hybridized carbons (Fsp3) is 0.462. The van der Waals surface area contributed by atoms with Gasteiger partial charge in [-0.2, -0.15) is 0 Å². The van der Waals surface area contributed by atoms with Crippen molar-refractivity contribution < 1.29 is 14.3 Å². The molecule has 1 aliphatic heterocycles. The Hall–Kier alpha value is -1.69. The van der Waals surface area contributed by atoms with Crippen molar-refractivity contribution in [1.82, 2.24) is 9.88 Å². The molecule has 1 unspecified atom stereocenters. The van der Waals surface area contributed by atoms with Crippen LogP contribution >= 0.6 is 11.3 Å². The summed E-state index contributed by atoms with van der Waals surface area (Å²) in [6.07, 6.45) is 3.88. The number of rotatable bonds is 3. The molecule has 1 saturated heterocycles. The minimum absolute atomic E-state index is 0.0861. The number of esters is 1. The lowest BCUT2D eigenvalue weighted by atomic mass is 10.1. The first-order chi connectivity index (χ1) is 9.10. The van der Waals surface area contributed by atoms with Gasteiger partial charge in [-0.05, 0) is 19.4 Å². The van der Waals surface area contributed by atoms with Gasteiger partial charge in [0.2, 0.25) is 5.91 Å². The lowest BCUT2D eigenvalue weighted by molar-refractivity contribution is -0.145. The van der Waals surface area contributed by atoms with Crippen molar-refractivity contribution in [2.45, 2.75) is 13.3 Å². The van der Waals surface area contributed by atoms with Gasteiger partial charge in [0, 0.05) is 24.5 Å². The van der Waals surface area contributed by atoms with Gasteiger partial charge in [-0.3, -0.25) is 9.59 Å². The van der Waals surface area contributed by atoms with E-state index in [0.29, 0.717) is 19.5 Å². The van der Waals surface area contributed by atoms with E-state index in [1.807, 2.05) is 12.3 Å². The normalized spacial score (nSPS) is 19.1. The van der Waals surface area contributed by atoms with Gasteiger partial charge >= 0.3 is 5.97 Å². The molecule has 2 rings (SSSR count). The van der Waals surface area contributed by atoms with Gasteiger partial charge in [0.1, 0.15) is 0 Å². The molecule has 2 heterocycles. The Morgan fingerprint density at radius 1 is 1.58 bits per heavy atom. The monoisotopic (exact) mass is 280 g/mol. The Balaban J connectivity index is 1.91. The number of nitrogens with zero attached hydrogens (tertiary/aromatic N) is 2. The number of aryl methyl sites for hydroxylation is 1. The van der Waals surface area contributed by atoms with Gasteiger partial charge in [0.15, 0.2) is 0 Å². The smallest absolute Gasteiger partial charge is 0.310 e. The van der Waals surface area contributed by atoms with E-state index in [4.69, 9.17) is 4.74 Å². The third-order valence-electron chi connectivity index (χ3n) is 3.07. The molecule has 1 aliphatic rings. The maximum absolute atomic E-state index is 11.9. The van der Waals surface area contributed by atoms with Gasteiger partial charge in [-0.15, -0.1) is 11.3 Å². The summed E-state index contributed by atoms with van der Waals surface area (Å²) in [6.45, 7) is 2.95. The molecule has 5 nitrogen and oxygen atoms in total. The molecule has 0 saturated carbocycles. The summed E-state index contributed by atoms with van der Waals surface area (Å²) in [5.74, 6) is -0.518. The van der Waals surface area contributed by atoms with Gasteiger partial charge < -0.3 is 9.64 Å². The predicted octanol–water partition coefficient (Wildman–Crippen LogP) is 1.49. The second-order valence-electron chi connectivity index (χ2n) is 4.42. The summed E-state index contributed by atoms with van der Waals surface area (Å²) in [6, 6.07) is 0. The molecule has 102 valence electrons. The lowest BCUT2D eigenvalue weighted by Crippen LogP contribution is -2.28. The molecule has 1 aromatic heterocycles. The SMILES string of the molecule is COC(=O)C1CCN(C(=O)C=Cc2csc(C)n2)C1. The standard InChI is InChI=1S/C13H16N2O3S/c1-9-14-11(8-19-9)3-4-12(16)15-6-5-10(7-15)13(17)18-2/h3-4,8,10H,5-7H2,1-2H3. The Morgan fingerprint density at radius 3 is 3.00 bits per heavy atom. The van der Waals surface area contributed by atoms with E-state index in [-0.39, 0.29) is 17.8 Å². The van der Waals surface area contributed by atoms with Crippen LogP contribution in [0.5, 0.6) is 0 Å². The third kappa shape index (κ3) is 3.41. The molecule has 1 fully saturated rings. The van der Waals surface area contributed by atoms with Gasteiger partial charge in [-0.1, -0.05) is 0 Å². The summed E-state index contributed by atoms with van der Waals surface area (Å²) < 4.78 is 4.69. The van der Waals surface area contributed by atoms with E-state index in [1.165, 1.54) is 13.2 Å². The zero-order chi connectivity index (χ0) is 13.8. The molecule has 1 aromatic rings. The number of ether oxygens (including phenoxy) is 1. The highest BCUT2D eigenvalue weighted by atomic mass is 32.1. The first-order valence-electron chi connectivity index (χ1n) is 6.07. The number of hydrogen-bond acceptors (Lipinski definition) is 5. The highest BCUT2D eigenvalue weighted by Crippen LogP contribution is 2.18. The molecule has 19 heavy (non-hydrogen) atoms. The topological polar surface area (TPSA) is 59.5 Å². The van der Waals surface area contributed by atoms with Crippen molar-refractivity contribution in [1.29, 1.82) is 0 Å². The van der Waals surface area contributed by atoms with Crippen molar-refractivity contribution in [3.63, 3.8) is 0 Å². The predicted molar refractivity (Wildman–Crippen MR) is 72.6 cm³/mol. The van der Waals surface area contributed by atoms with E-state index >= 15 is 0 Å². The van der Waals surface area contributed by atoms with Crippen LogP contribution in [0.2, 0.25) is 0 Å². The molecule has 6 heteroatoms. The van der Waals surface area contributed by atoms with Gasteiger partial charge in [0.25, 0.3) is 0 Å². The molecule has 0 aliphatic carbocycles. The largest absolute Gasteiger partial charge is 0.469 e. The quantitative estimate of drug-likeness (QED) is 0.621. The number of carbonyl (C=O) groups excluding carboxylic acids is 2. The van der Waals surface area contributed by atoms with E-state index in [9.17, 15) is 9.59 Å². The van der Waals surface area contributed by atoms with Crippen LogP contribution in [0, 0.1) is 12.8 Å². The molecule has 0 spiro atoms. The van der Waals surface area contributed by atoms with Crippen LogP contribution in [0.3, 0.4) is 0 Å². The zero-order valence-corrected chi connectivity index (χ0v) is 11.8. The zero-order valence-electron chi connectivity index (χ0n) is 11.0. The van der Waals surface area contributed by atoms with Crippen molar-refractivity contribution >= 4 is 29.3 Å². The van der Waals surface area contributed by atoms with E-state index in [1.54, 1.807) is 22.3 Å². The Labute approximate surface area is 115 Å². The van der Waals surface area contributed by atoms with Crippen molar-refractivity contribution in [3.05, 3.63) is 22.2 Å². The summed E-state index contributed by atoms with van der Waals surface area (Å²) in [4.78, 5) is 29.2. The van der Waals surface area contributed by atoms with Crippen LogP contribution in [-0.2, 0) is 14.3 Å². The summed E-state index contributed by atoms with van der Waals surface area (Å²) in [5.41, 5.74) is 0.791. The second kappa shape index (κ2) is 5.97. The van der Waals surface area contributed by atoms with Crippen LogP contribution in [0.4, 0.5) is 0 Å². The van der Waals surface area contributed by atoms with Crippen molar-refractivity contribution in [3.8, 4) is 0 Å². The molecule has 0 aromatic carbocycles. The number of thiazole rings is 1. The fourth-order valence-corrected chi connectivity index (χ4v) is 2.62. The van der Waals surface area contributed by atoms with E-state index in [0.717, 1.165) is 10.7 Å². The van der Waals surface area contributed by atoms with Gasteiger partial charge in [-0.25, -0.2) is 4.98 Å². The highest BCUT2D eigenvalue weighted by molar-refractivity contribution is 7.09. The molecular formula is C13H16N2O3S. The lowest BCUT2D eigenvalue weighted by Gasteiger charge is -2.13. The minimum Gasteiger partial charge on any atom is -0.469 e. The number of aromatic nitrogens is 1. The van der Waals surface area contributed by atoms with E-state index < -0.39 is 0 Å². The van der Waals surface area contributed by atoms with E-state index in [2.05, 4.69) is 4.98 Å². The number of methoxy groups -OCH3 is 1. The summed E-state index contributed by atoms with van der Waals surface area (Å²) >= 11 is 1.55. The maximum Gasteiger partial charge on any atom is 0.310 e. The minimum atomic E-state index is -0.241. The molecule has 1 amide bonds. The molecule has 1 atom stereocenters. The summed E-state index contributed by atoms with van der Waals surface area (Å²) in [5, 5.41) is 2.87. The Bertz CT molecular complexity index is 510. The first-order valence-corrected chi connectivity index (χ1v) is 6.95. The molecule has 0 bridgehead atoms. The Morgan fingerprint density at radius 2 is 2.37 bits per heavy atom. The van der Waals surface area contributed by atoms with Crippen LogP contribution in [0.1, 0.15) is 17.1 Å². The van der Waals surface area contributed by atoms with Gasteiger partial charge in [0.05, 0.1) is 23.7 Å². The average molecular weight is 280 g/mol. The molecule has 0 radical (unpaired) electrons. The molecule has 0 N–H and O–H groups in total. The van der Waals surface area contributed by atoms with Crippen LogP contribution < -0.4 is 0 Å². The first kappa shape index (κ1) is 13.7. The van der Waals surface area contributed by atoms with Crippen molar-refractivity contribution in [2.75, 3.05) is 20.2 Å². The molecular weight excluding hydrogens is 264 g/mol. The number of amides is 1. The number of hydrogen-bond donors (Lipinski definition) is 0. The second-order valence-corrected chi connectivity index (χ2v) is 5.48. The van der Waals surface area contributed by atoms with Crippen molar-refractivity contribution in [2.24, 2.45) is 5.92 Å². The Kier molecular flexibility index (Phi) is 4.31. The maximum atomic E-state index is 11.9.